The quantitative estimate of drug-likeness (QED) is 0.334. The highest BCUT2D eigenvalue weighted by molar-refractivity contribution is 6.33. The fourth-order valence-corrected chi connectivity index (χ4v) is 4.61. The Balaban J connectivity index is 1.55. The van der Waals surface area contributed by atoms with Crippen molar-refractivity contribution < 1.29 is 18.0 Å². The molecule has 6 nitrogen and oxygen atoms in total. The lowest BCUT2D eigenvalue weighted by molar-refractivity contribution is -0.137. The van der Waals surface area contributed by atoms with Gasteiger partial charge in [0.1, 0.15) is 11.5 Å². The molecule has 3 heterocycles. The number of pyridine rings is 1. The summed E-state index contributed by atoms with van der Waals surface area (Å²) in [6.07, 6.45) is 5.45. The van der Waals surface area contributed by atoms with Gasteiger partial charge in [0.05, 0.1) is 22.5 Å². The Morgan fingerprint density at radius 1 is 1.08 bits per heavy atom. The summed E-state index contributed by atoms with van der Waals surface area (Å²) in [6, 6.07) is 6.68. The molecular weight excluding hydrogens is 503 g/mol. The third-order valence-corrected chi connectivity index (χ3v) is 6.77. The number of anilines is 1. The third-order valence-electron chi connectivity index (χ3n) is 6.46. The molecule has 196 valence electrons. The first-order valence-corrected chi connectivity index (χ1v) is 12.8. The number of rotatable bonds is 8. The van der Waals surface area contributed by atoms with E-state index in [1.165, 1.54) is 18.3 Å². The van der Waals surface area contributed by atoms with Crippen molar-refractivity contribution in [3.8, 4) is 22.5 Å². The summed E-state index contributed by atoms with van der Waals surface area (Å²) in [5, 5.41) is 3.50. The molecule has 2 aromatic heterocycles. The van der Waals surface area contributed by atoms with Crippen molar-refractivity contribution in [3.63, 3.8) is 0 Å². The number of halogens is 4. The van der Waals surface area contributed by atoms with E-state index in [9.17, 15) is 18.0 Å². The van der Waals surface area contributed by atoms with E-state index in [0.29, 0.717) is 52.9 Å². The van der Waals surface area contributed by atoms with Gasteiger partial charge in [0.2, 0.25) is 5.91 Å². The predicted octanol–water partition coefficient (Wildman–Crippen LogP) is 6.54. The van der Waals surface area contributed by atoms with Gasteiger partial charge in [0, 0.05) is 49.1 Å². The highest BCUT2D eigenvalue weighted by Crippen LogP contribution is 2.36. The first-order valence-electron chi connectivity index (χ1n) is 12.4. The fraction of sp³-hybridized carbons (Fsp3) is 0.407. The monoisotopic (exact) mass is 531 g/mol. The number of carbonyl (C=O) groups is 1. The number of alkyl halides is 3. The molecule has 1 amide bonds. The van der Waals surface area contributed by atoms with Crippen molar-refractivity contribution in [3.05, 3.63) is 59.5 Å². The summed E-state index contributed by atoms with van der Waals surface area (Å²) >= 11 is 6.42. The van der Waals surface area contributed by atoms with E-state index in [-0.39, 0.29) is 11.9 Å². The van der Waals surface area contributed by atoms with Crippen LogP contribution in [0.2, 0.25) is 5.02 Å². The highest BCUT2D eigenvalue weighted by atomic mass is 35.5. The maximum atomic E-state index is 13.1. The van der Waals surface area contributed by atoms with Crippen molar-refractivity contribution in [2.24, 2.45) is 0 Å². The zero-order chi connectivity index (χ0) is 26.4. The van der Waals surface area contributed by atoms with Crippen LogP contribution in [0.4, 0.5) is 19.0 Å². The number of nitrogens with zero attached hydrogens (tertiary/aromatic N) is 4. The van der Waals surface area contributed by atoms with Gasteiger partial charge in [0.15, 0.2) is 0 Å². The summed E-state index contributed by atoms with van der Waals surface area (Å²) in [5.41, 5.74) is 1.26. The van der Waals surface area contributed by atoms with Crippen molar-refractivity contribution in [1.29, 1.82) is 0 Å². The fourth-order valence-electron chi connectivity index (χ4n) is 4.40. The molecule has 0 spiro atoms. The van der Waals surface area contributed by atoms with Gasteiger partial charge in [-0.2, -0.15) is 13.2 Å². The van der Waals surface area contributed by atoms with Gasteiger partial charge < -0.3 is 10.2 Å². The van der Waals surface area contributed by atoms with E-state index in [1.807, 2.05) is 0 Å². The Hall–Kier alpha value is -3.20. The number of nitrogens with one attached hydrogen (secondary N) is 1. The van der Waals surface area contributed by atoms with Crippen LogP contribution in [0.3, 0.4) is 0 Å². The van der Waals surface area contributed by atoms with Gasteiger partial charge >= 0.3 is 6.18 Å². The van der Waals surface area contributed by atoms with Crippen molar-refractivity contribution in [1.82, 2.24) is 20.3 Å². The van der Waals surface area contributed by atoms with Gasteiger partial charge in [-0.3, -0.25) is 14.8 Å². The molecule has 4 rings (SSSR count). The molecule has 0 radical (unpaired) electrons. The number of benzene rings is 1. The maximum absolute atomic E-state index is 13.1. The highest BCUT2D eigenvalue weighted by Gasteiger charge is 2.30. The van der Waals surface area contributed by atoms with Gasteiger partial charge in [-0.1, -0.05) is 43.5 Å². The molecule has 1 fully saturated rings. The SMILES string of the molecule is CCCCCC(=O)NC1CCN(c2cnc(-c3ccc(C(F)(F)F)cc3)c(-c3ccncc3Cl)n2)CC1. The van der Waals surface area contributed by atoms with Gasteiger partial charge in [-0.15, -0.1) is 0 Å². The molecule has 1 aliphatic heterocycles. The largest absolute Gasteiger partial charge is 0.416 e. The standard InChI is InChI=1S/C27H29ClF3N5O/c1-2-3-4-5-24(37)34-20-11-14-36(15-12-20)23-17-33-25(18-6-8-19(9-7-18)27(29,30)31)26(35-23)21-10-13-32-16-22(21)28/h6-10,13,16-17,20H,2-5,11-12,14-15H2,1H3,(H,34,37). The number of unbranched alkanes of at least 4 members (excludes halogenated alkanes) is 2. The lowest BCUT2D eigenvalue weighted by Crippen LogP contribution is -2.45. The van der Waals surface area contributed by atoms with Crippen LogP contribution in [0.25, 0.3) is 22.5 Å². The topological polar surface area (TPSA) is 71.0 Å². The average molecular weight is 532 g/mol. The molecule has 3 aromatic rings. The molecule has 1 aliphatic rings. The third kappa shape index (κ3) is 6.77. The molecule has 0 saturated carbocycles. The lowest BCUT2D eigenvalue weighted by atomic mass is 10.0. The minimum absolute atomic E-state index is 0.0993. The number of carbonyl (C=O) groups excluding carboxylic acids is 1. The second-order valence-corrected chi connectivity index (χ2v) is 9.55. The van der Waals surface area contributed by atoms with Gasteiger partial charge in [-0.05, 0) is 37.5 Å². The minimum Gasteiger partial charge on any atom is -0.355 e. The Morgan fingerprint density at radius 2 is 1.81 bits per heavy atom. The Kier molecular flexibility index (Phi) is 8.63. The number of amides is 1. The summed E-state index contributed by atoms with van der Waals surface area (Å²) in [6.45, 7) is 3.50. The van der Waals surface area contributed by atoms with Crippen LogP contribution in [0.5, 0.6) is 0 Å². The van der Waals surface area contributed by atoms with Crippen LogP contribution in [-0.4, -0.2) is 40.0 Å². The zero-order valence-electron chi connectivity index (χ0n) is 20.6. The van der Waals surface area contributed by atoms with Crippen LogP contribution < -0.4 is 10.2 Å². The Labute approximate surface area is 219 Å². The Bertz CT molecular complexity index is 1210. The number of piperidine rings is 1. The molecule has 1 N–H and O–H groups in total. The smallest absolute Gasteiger partial charge is 0.355 e. The van der Waals surface area contributed by atoms with Gasteiger partial charge in [-0.25, -0.2) is 4.98 Å². The van der Waals surface area contributed by atoms with Crippen LogP contribution in [-0.2, 0) is 11.0 Å². The Morgan fingerprint density at radius 3 is 2.46 bits per heavy atom. The molecular formula is C27H29ClF3N5O. The van der Waals surface area contributed by atoms with Gasteiger partial charge in [0.25, 0.3) is 0 Å². The molecule has 0 atom stereocenters. The summed E-state index contributed by atoms with van der Waals surface area (Å²) in [7, 11) is 0. The zero-order valence-corrected chi connectivity index (χ0v) is 21.3. The number of hydrogen-bond donors (Lipinski definition) is 1. The predicted molar refractivity (Wildman–Crippen MR) is 138 cm³/mol. The second kappa shape index (κ2) is 11.9. The first-order chi connectivity index (χ1) is 17.8. The van der Waals surface area contributed by atoms with Crippen molar-refractivity contribution in [2.75, 3.05) is 18.0 Å². The second-order valence-electron chi connectivity index (χ2n) is 9.14. The van der Waals surface area contributed by atoms with E-state index in [0.717, 1.165) is 44.2 Å². The van der Waals surface area contributed by atoms with Crippen LogP contribution in [0.1, 0.15) is 51.0 Å². The average Bonchev–Trinajstić information content (AvgIpc) is 2.89. The minimum atomic E-state index is -4.42. The maximum Gasteiger partial charge on any atom is 0.416 e. The number of aromatic nitrogens is 3. The molecule has 1 saturated heterocycles. The molecule has 0 aliphatic carbocycles. The molecule has 0 bridgehead atoms. The van der Waals surface area contributed by atoms with E-state index in [4.69, 9.17) is 16.6 Å². The number of hydrogen-bond acceptors (Lipinski definition) is 5. The van der Waals surface area contributed by atoms with Crippen LogP contribution in [0.15, 0.2) is 48.9 Å². The summed E-state index contributed by atoms with van der Waals surface area (Å²) in [5.74, 6) is 0.744. The summed E-state index contributed by atoms with van der Waals surface area (Å²) < 4.78 is 39.2. The van der Waals surface area contributed by atoms with E-state index >= 15 is 0 Å². The van der Waals surface area contributed by atoms with Crippen molar-refractivity contribution >= 4 is 23.3 Å². The molecule has 0 unspecified atom stereocenters. The molecule has 37 heavy (non-hydrogen) atoms. The normalized spacial score (nSPS) is 14.6. The van der Waals surface area contributed by atoms with Crippen LogP contribution >= 0.6 is 11.6 Å². The van der Waals surface area contributed by atoms with E-state index in [1.54, 1.807) is 18.5 Å². The van der Waals surface area contributed by atoms with Crippen molar-refractivity contribution in [2.45, 2.75) is 57.7 Å². The summed E-state index contributed by atoms with van der Waals surface area (Å²) in [4.78, 5) is 27.8. The van der Waals surface area contributed by atoms with Crippen LogP contribution in [0, 0.1) is 0 Å². The molecule has 1 aromatic carbocycles. The molecule has 10 heteroatoms. The van der Waals surface area contributed by atoms with E-state index < -0.39 is 11.7 Å². The first kappa shape index (κ1) is 26.9. The lowest BCUT2D eigenvalue weighted by Gasteiger charge is -2.33. The van der Waals surface area contributed by atoms with E-state index in [2.05, 4.69) is 27.1 Å².